The number of aromatic carboxylic acids is 1. The van der Waals surface area contributed by atoms with E-state index in [1.54, 1.807) is 6.07 Å². The molecular weight excluding hydrogens is 270 g/mol. The molecule has 2 N–H and O–H groups in total. The summed E-state index contributed by atoms with van der Waals surface area (Å²) in [6.45, 7) is 4.72. The van der Waals surface area contributed by atoms with Gasteiger partial charge < -0.3 is 14.8 Å². The van der Waals surface area contributed by atoms with E-state index in [0.29, 0.717) is 11.7 Å². The summed E-state index contributed by atoms with van der Waals surface area (Å²) in [5.74, 6) is 0.816. The molecule has 0 atom stereocenters. The molecule has 0 spiro atoms. The van der Waals surface area contributed by atoms with Gasteiger partial charge in [0.2, 0.25) is 11.7 Å². The topological polar surface area (TPSA) is 79.5 Å². The number of carboxylic acid groups (broad SMARTS) is 1. The zero-order valence-electron chi connectivity index (χ0n) is 12.6. The molecule has 21 heavy (non-hydrogen) atoms. The third kappa shape index (κ3) is 4.09. The van der Waals surface area contributed by atoms with Crippen molar-refractivity contribution in [3.05, 3.63) is 23.7 Å². The summed E-state index contributed by atoms with van der Waals surface area (Å²) < 4.78 is 5.12. The van der Waals surface area contributed by atoms with E-state index in [4.69, 9.17) is 9.52 Å². The van der Waals surface area contributed by atoms with Gasteiger partial charge in [0.1, 0.15) is 5.76 Å². The van der Waals surface area contributed by atoms with Crippen molar-refractivity contribution in [3.8, 4) is 0 Å². The molecule has 5 heteroatoms. The summed E-state index contributed by atoms with van der Waals surface area (Å²) in [4.78, 5) is 22.8. The lowest BCUT2D eigenvalue weighted by Crippen LogP contribution is -2.33. The van der Waals surface area contributed by atoms with Crippen LogP contribution in [0.15, 0.2) is 16.5 Å². The first-order valence-electron chi connectivity index (χ1n) is 7.57. The molecule has 1 amide bonds. The Morgan fingerprint density at radius 2 is 1.95 bits per heavy atom. The Labute approximate surface area is 124 Å². The van der Waals surface area contributed by atoms with E-state index in [1.807, 2.05) is 0 Å². The Balaban J connectivity index is 1.78. The maximum absolute atomic E-state index is 12.1. The van der Waals surface area contributed by atoms with Crippen LogP contribution in [0.5, 0.6) is 0 Å². The number of carbonyl (C=O) groups excluding carboxylic acids is 1. The second-order valence-corrected chi connectivity index (χ2v) is 6.14. The maximum atomic E-state index is 12.1. The lowest BCUT2D eigenvalue weighted by Gasteiger charge is -2.30. The molecule has 1 heterocycles. The normalized spacial score (nSPS) is 22.2. The average Bonchev–Trinajstić information content (AvgIpc) is 2.94. The fourth-order valence-electron chi connectivity index (χ4n) is 2.95. The van der Waals surface area contributed by atoms with Crippen LogP contribution in [0.1, 0.15) is 55.8 Å². The Morgan fingerprint density at radius 1 is 1.29 bits per heavy atom. The number of hydrogen-bond donors (Lipinski definition) is 2. The molecule has 1 fully saturated rings. The third-order valence-electron chi connectivity index (χ3n) is 4.39. The average molecular weight is 293 g/mol. The Hall–Kier alpha value is -1.78. The Kier molecular flexibility index (Phi) is 5.04. The monoisotopic (exact) mass is 293 g/mol. The van der Waals surface area contributed by atoms with Crippen molar-refractivity contribution in [2.24, 2.45) is 17.8 Å². The minimum Gasteiger partial charge on any atom is -0.475 e. The number of carboxylic acids is 1. The standard InChI is InChI=1S/C16H23NO4/c1-10(2)11-3-5-12(6-4-11)15(18)17-9-13-7-8-14(21-13)16(19)20/h7-8,10-12H,3-6,9H2,1-2H3,(H,17,18)(H,19,20). The van der Waals surface area contributed by atoms with E-state index in [9.17, 15) is 9.59 Å². The zero-order chi connectivity index (χ0) is 15.4. The van der Waals surface area contributed by atoms with Crippen LogP contribution in [0.25, 0.3) is 0 Å². The fraction of sp³-hybridized carbons (Fsp3) is 0.625. The summed E-state index contributed by atoms with van der Waals surface area (Å²) in [6.07, 6.45) is 4.10. The highest BCUT2D eigenvalue weighted by Crippen LogP contribution is 2.33. The number of furan rings is 1. The molecule has 1 saturated carbocycles. The van der Waals surface area contributed by atoms with E-state index in [2.05, 4.69) is 19.2 Å². The highest BCUT2D eigenvalue weighted by Gasteiger charge is 2.27. The first kappa shape index (κ1) is 15.6. The van der Waals surface area contributed by atoms with Gasteiger partial charge in [-0.2, -0.15) is 0 Å². The van der Waals surface area contributed by atoms with Gasteiger partial charge in [-0.3, -0.25) is 4.79 Å². The summed E-state index contributed by atoms with van der Waals surface area (Å²) in [5, 5.41) is 11.6. The van der Waals surface area contributed by atoms with Crippen molar-refractivity contribution in [3.63, 3.8) is 0 Å². The summed E-state index contributed by atoms with van der Waals surface area (Å²) >= 11 is 0. The minimum atomic E-state index is -1.10. The number of nitrogens with one attached hydrogen (secondary N) is 1. The van der Waals surface area contributed by atoms with Gasteiger partial charge in [0.25, 0.3) is 0 Å². The number of rotatable bonds is 5. The van der Waals surface area contributed by atoms with Gasteiger partial charge in [-0.1, -0.05) is 13.8 Å². The maximum Gasteiger partial charge on any atom is 0.371 e. The molecule has 0 bridgehead atoms. The lowest BCUT2D eigenvalue weighted by atomic mass is 9.77. The van der Waals surface area contributed by atoms with Crippen LogP contribution >= 0.6 is 0 Å². The van der Waals surface area contributed by atoms with Gasteiger partial charge in [0.05, 0.1) is 6.54 Å². The molecule has 0 aliphatic heterocycles. The SMILES string of the molecule is CC(C)C1CCC(C(=O)NCc2ccc(C(=O)O)o2)CC1. The van der Waals surface area contributed by atoms with E-state index in [1.165, 1.54) is 6.07 Å². The van der Waals surface area contributed by atoms with E-state index in [-0.39, 0.29) is 24.1 Å². The predicted octanol–water partition coefficient (Wildman–Crippen LogP) is 3.06. The smallest absolute Gasteiger partial charge is 0.371 e. The van der Waals surface area contributed by atoms with Gasteiger partial charge in [0, 0.05) is 5.92 Å². The van der Waals surface area contributed by atoms with Crippen molar-refractivity contribution in [1.29, 1.82) is 0 Å². The zero-order valence-corrected chi connectivity index (χ0v) is 12.6. The molecule has 2 rings (SSSR count). The van der Waals surface area contributed by atoms with Crippen molar-refractivity contribution >= 4 is 11.9 Å². The Bertz CT molecular complexity index is 498. The lowest BCUT2D eigenvalue weighted by molar-refractivity contribution is -0.126. The van der Waals surface area contributed by atoms with E-state index >= 15 is 0 Å². The van der Waals surface area contributed by atoms with Crippen molar-refractivity contribution in [2.75, 3.05) is 0 Å². The number of amides is 1. The second kappa shape index (κ2) is 6.78. The van der Waals surface area contributed by atoms with Gasteiger partial charge in [-0.25, -0.2) is 4.79 Å². The highest BCUT2D eigenvalue weighted by atomic mass is 16.4. The Morgan fingerprint density at radius 3 is 2.48 bits per heavy atom. The van der Waals surface area contributed by atoms with Crippen LogP contribution in [0, 0.1) is 17.8 Å². The summed E-state index contributed by atoms with van der Waals surface area (Å²) in [7, 11) is 0. The second-order valence-electron chi connectivity index (χ2n) is 6.14. The number of hydrogen-bond acceptors (Lipinski definition) is 3. The van der Waals surface area contributed by atoms with E-state index in [0.717, 1.165) is 31.6 Å². The van der Waals surface area contributed by atoms with E-state index < -0.39 is 5.97 Å². The van der Waals surface area contributed by atoms with Crippen LogP contribution < -0.4 is 5.32 Å². The van der Waals surface area contributed by atoms with Crippen LogP contribution in [0.4, 0.5) is 0 Å². The largest absolute Gasteiger partial charge is 0.475 e. The molecule has 116 valence electrons. The highest BCUT2D eigenvalue weighted by molar-refractivity contribution is 5.84. The molecule has 5 nitrogen and oxygen atoms in total. The van der Waals surface area contributed by atoms with Crippen LogP contribution in [-0.4, -0.2) is 17.0 Å². The first-order valence-corrected chi connectivity index (χ1v) is 7.57. The van der Waals surface area contributed by atoms with Gasteiger partial charge in [-0.15, -0.1) is 0 Å². The fourth-order valence-corrected chi connectivity index (χ4v) is 2.95. The molecule has 1 aliphatic rings. The minimum absolute atomic E-state index is 0.0467. The molecule has 0 saturated heterocycles. The molecular formula is C16H23NO4. The molecule has 1 aromatic heterocycles. The predicted molar refractivity (Wildman–Crippen MR) is 77.8 cm³/mol. The van der Waals surface area contributed by atoms with Crippen LogP contribution in [0.2, 0.25) is 0 Å². The molecule has 0 aromatic carbocycles. The van der Waals surface area contributed by atoms with Crippen molar-refractivity contribution in [1.82, 2.24) is 5.32 Å². The van der Waals surface area contributed by atoms with Gasteiger partial charge >= 0.3 is 5.97 Å². The van der Waals surface area contributed by atoms with Crippen LogP contribution in [-0.2, 0) is 11.3 Å². The first-order chi connectivity index (χ1) is 9.97. The van der Waals surface area contributed by atoms with Gasteiger partial charge in [0.15, 0.2) is 0 Å². The molecule has 0 unspecified atom stereocenters. The molecule has 1 aliphatic carbocycles. The van der Waals surface area contributed by atoms with Crippen molar-refractivity contribution < 1.29 is 19.1 Å². The quantitative estimate of drug-likeness (QED) is 0.874. The third-order valence-corrected chi connectivity index (χ3v) is 4.39. The number of carbonyl (C=O) groups is 2. The summed E-state index contributed by atoms with van der Waals surface area (Å²) in [5.41, 5.74) is 0. The van der Waals surface area contributed by atoms with Crippen molar-refractivity contribution in [2.45, 2.75) is 46.1 Å². The van der Waals surface area contributed by atoms with Gasteiger partial charge in [-0.05, 0) is 49.7 Å². The summed E-state index contributed by atoms with van der Waals surface area (Å²) in [6, 6.07) is 2.98. The molecule has 1 aromatic rings. The molecule has 0 radical (unpaired) electrons. The van der Waals surface area contributed by atoms with Crippen LogP contribution in [0.3, 0.4) is 0 Å².